The fourth-order valence-corrected chi connectivity index (χ4v) is 3.01. The third-order valence-corrected chi connectivity index (χ3v) is 4.34. The summed E-state index contributed by atoms with van der Waals surface area (Å²) >= 11 is 0. The van der Waals surface area contributed by atoms with Crippen LogP contribution in [-0.2, 0) is 11.8 Å². The predicted octanol–water partition coefficient (Wildman–Crippen LogP) is 2.54. The van der Waals surface area contributed by atoms with Gasteiger partial charge in [0.2, 0.25) is 5.91 Å². The van der Waals surface area contributed by atoms with Gasteiger partial charge in [-0.1, -0.05) is 6.07 Å². The van der Waals surface area contributed by atoms with Crippen molar-refractivity contribution in [3.05, 3.63) is 47.8 Å². The van der Waals surface area contributed by atoms with Crippen molar-refractivity contribution in [2.24, 2.45) is 7.05 Å². The van der Waals surface area contributed by atoms with Crippen molar-refractivity contribution in [2.75, 3.05) is 11.4 Å². The first-order valence-electron chi connectivity index (χ1n) is 7.96. The Kier molecular flexibility index (Phi) is 4.62. The molecule has 1 fully saturated rings. The maximum Gasteiger partial charge on any atom is 0.244 e. The molecule has 0 spiro atoms. The van der Waals surface area contributed by atoms with E-state index in [1.54, 1.807) is 29.0 Å². The van der Waals surface area contributed by atoms with Crippen LogP contribution in [0.25, 0.3) is 0 Å². The van der Waals surface area contributed by atoms with Crippen LogP contribution >= 0.6 is 0 Å². The standard InChI is InChI=1S/C17H20F2N4O/c1-11(12-5-6-14(18)15(19)8-12)21-16-4-3-7-23(17(16)24)13-9-20-22(2)10-13/h5-6,8-11,16,21H,3-4,7H2,1-2H3/t11-,16-/m0/s1. The molecular weight excluding hydrogens is 314 g/mol. The Bertz CT molecular complexity index is 746. The molecule has 0 radical (unpaired) electrons. The third-order valence-electron chi connectivity index (χ3n) is 4.34. The van der Waals surface area contributed by atoms with Crippen LogP contribution in [0.15, 0.2) is 30.6 Å². The van der Waals surface area contributed by atoms with E-state index in [9.17, 15) is 13.6 Å². The summed E-state index contributed by atoms with van der Waals surface area (Å²) in [6.07, 6.45) is 5.05. The number of halogens is 2. The van der Waals surface area contributed by atoms with Gasteiger partial charge in [-0.3, -0.25) is 14.8 Å². The van der Waals surface area contributed by atoms with E-state index >= 15 is 0 Å². The Labute approximate surface area is 139 Å². The van der Waals surface area contributed by atoms with Crippen LogP contribution in [0.5, 0.6) is 0 Å². The smallest absolute Gasteiger partial charge is 0.244 e. The number of rotatable bonds is 4. The minimum absolute atomic E-state index is 0.0244. The Morgan fingerprint density at radius 1 is 1.33 bits per heavy atom. The van der Waals surface area contributed by atoms with Crippen LogP contribution in [-0.4, -0.2) is 28.3 Å². The normalized spacial score (nSPS) is 19.6. The first-order chi connectivity index (χ1) is 11.5. The molecule has 128 valence electrons. The number of aryl methyl sites for hydroxylation is 1. The van der Waals surface area contributed by atoms with E-state index in [1.807, 2.05) is 6.92 Å². The van der Waals surface area contributed by atoms with E-state index in [0.717, 1.165) is 18.2 Å². The zero-order valence-electron chi connectivity index (χ0n) is 13.7. The Morgan fingerprint density at radius 3 is 2.79 bits per heavy atom. The lowest BCUT2D eigenvalue weighted by Gasteiger charge is -2.33. The van der Waals surface area contributed by atoms with Gasteiger partial charge >= 0.3 is 0 Å². The SMILES string of the molecule is C[C@H](N[C@H]1CCCN(c2cnn(C)c2)C1=O)c1ccc(F)c(F)c1. The third kappa shape index (κ3) is 3.31. The Morgan fingerprint density at radius 2 is 2.12 bits per heavy atom. The second-order valence-electron chi connectivity index (χ2n) is 6.12. The lowest BCUT2D eigenvalue weighted by atomic mass is 10.0. The monoisotopic (exact) mass is 334 g/mol. The summed E-state index contributed by atoms with van der Waals surface area (Å²) in [5, 5.41) is 7.33. The van der Waals surface area contributed by atoms with Crippen molar-refractivity contribution in [2.45, 2.75) is 31.8 Å². The molecule has 0 saturated carbocycles. The highest BCUT2D eigenvalue weighted by molar-refractivity contribution is 5.97. The van der Waals surface area contributed by atoms with E-state index < -0.39 is 11.6 Å². The molecule has 1 saturated heterocycles. The summed E-state index contributed by atoms with van der Waals surface area (Å²) in [4.78, 5) is 14.4. The first kappa shape index (κ1) is 16.6. The summed E-state index contributed by atoms with van der Waals surface area (Å²) in [7, 11) is 1.80. The summed E-state index contributed by atoms with van der Waals surface area (Å²) in [5.74, 6) is -1.78. The number of anilines is 1. The lowest BCUT2D eigenvalue weighted by Crippen LogP contribution is -2.51. The summed E-state index contributed by atoms with van der Waals surface area (Å²) in [6, 6.07) is 3.18. The first-order valence-corrected chi connectivity index (χ1v) is 7.96. The van der Waals surface area contributed by atoms with E-state index in [-0.39, 0.29) is 18.0 Å². The largest absolute Gasteiger partial charge is 0.308 e. The van der Waals surface area contributed by atoms with Gasteiger partial charge in [-0.25, -0.2) is 8.78 Å². The summed E-state index contributed by atoms with van der Waals surface area (Å²) < 4.78 is 28.1. The quantitative estimate of drug-likeness (QED) is 0.935. The zero-order valence-corrected chi connectivity index (χ0v) is 13.7. The number of nitrogens with zero attached hydrogens (tertiary/aromatic N) is 3. The number of carbonyl (C=O) groups excluding carboxylic acids is 1. The number of benzene rings is 1. The minimum Gasteiger partial charge on any atom is -0.308 e. The zero-order chi connectivity index (χ0) is 17.3. The molecule has 1 aromatic heterocycles. The van der Waals surface area contributed by atoms with Gasteiger partial charge in [0.25, 0.3) is 0 Å². The average molecular weight is 334 g/mol. The fourth-order valence-electron chi connectivity index (χ4n) is 3.01. The van der Waals surface area contributed by atoms with Crippen molar-refractivity contribution < 1.29 is 13.6 Å². The molecule has 2 aromatic rings. The topological polar surface area (TPSA) is 50.2 Å². The van der Waals surface area contributed by atoms with Gasteiger partial charge in [-0.2, -0.15) is 5.10 Å². The number of piperidine rings is 1. The molecule has 1 aromatic carbocycles. The number of hydrogen-bond acceptors (Lipinski definition) is 3. The molecule has 0 unspecified atom stereocenters. The Balaban J connectivity index is 1.72. The van der Waals surface area contributed by atoms with Crippen LogP contribution < -0.4 is 10.2 Å². The molecule has 0 bridgehead atoms. The number of amides is 1. The van der Waals surface area contributed by atoms with Crippen LogP contribution in [0.3, 0.4) is 0 Å². The predicted molar refractivity (Wildman–Crippen MR) is 86.5 cm³/mol. The highest BCUT2D eigenvalue weighted by Gasteiger charge is 2.31. The molecule has 0 aliphatic carbocycles. The van der Waals surface area contributed by atoms with E-state index in [4.69, 9.17) is 0 Å². The van der Waals surface area contributed by atoms with Gasteiger partial charge in [0, 0.05) is 25.8 Å². The second-order valence-corrected chi connectivity index (χ2v) is 6.12. The molecule has 1 N–H and O–H groups in total. The number of hydrogen-bond donors (Lipinski definition) is 1. The van der Waals surface area contributed by atoms with Crippen molar-refractivity contribution in [1.29, 1.82) is 0 Å². The van der Waals surface area contributed by atoms with Crippen LogP contribution in [0, 0.1) is 11.6 Å². The van der Waals surface area contributed by atoms with Crippen LogP contribution in [0.1, 0.15) is 31.4 Å². The summed E-state index contributed by atoms with van der Waals surface area (Å²) in [6.45, 7) is 2.49. The van der Waals surface area contributed by atoms with E-state index in [2.05, 4.69) is 10.4 Å². The highest BCUT2D eigenvalue weighted by Crippen LogP contribution is 2.23. The molecule has 2 heterocycles. The van der Waals surface area contributed by atoms with Gasteiger partial charge in [0.15, 0.2) is 11.6 Å². The molecule has 1 aliphatic heterocycles. The maximum atomic E-state index is 13.4. The van der Waals surface area contributed by atoms with E-state index in [0.29, 0.717) is 18.5 Å². The van der Waals surface area contributed by atoms with Gasteiger partial charge in [0.05, 0.1) is 17.9 Å². The lowest BCUT2D eigenvalue weighted by molar-refractivity contribution is -0.122. The van der Waals surface area contributed by atoms with Gasteiger partial charge in [-0.05, 0) is 37.5 Å². The molecule has 24 heavy (non-hydrogen) atoms. The fraction of sp³-hybridized carbons (Fsp3) is 0.412. The molecule has 1 aliphatic rings. The van der Waals surface area contributed by atoms with Gasteiger partial charge in [-0.15, -0.1) is 0 Å². The molecular formula is C17H20F2N4O. The maximum absolute atomic E-state index is 13.4. The van der Waals surface area contributed by atoms with Crippen LogP contribution in [0.2, 0.25) is 0 Å². The van der Waals surface area contributed by atoms with Crippen molar-refractivity contribution in [3.8, 4) is 0 Å². The Hall–Kier alpha value is -2.28. The minimum atomic E-state index is -0.881. The molecule has 3 rings (SSSR count). The van der Waals surface area contributed by atoms with Gasteiger partial charge in [0.1, 0.15) is 0 Å². The van der Waals surface area contributed by atoms with Crippen molar-refractivity contribution >= 4 is 11.6 Å². The van der Waals surface area contributed by atoms with Crippen molar-refractivity contribution in [1.82, 2.24) is 15.1 Å². The molecule has 5 nitrogen and oxygen atoms in total. The van der Waals surface area contributed by atoms with Crippen LogP contribution in [0.4, 0.5) is 14.5 Å². The van der Waals surface area contributed by atoms with Crippen molar-refractivity contribution in [3.63, 3.8) is 0 Å². The van der Waals surface area contributed by atoms with E-state index in [1.165, 1.54) is 12.1 Å². The molecule has 1 amide bonds. The average Bonchev–Trinajstić information content (AvgIpc) is 2.98. The number of aromatic nitrogens is 2. The molecule has 2 atom stereocenters. The highest BCUT2D eigenvalue weighted by atomic mass is 19.2. The number of carbonyl (C=O) groups is 1. The summed E-state index contributed by atoms with van der Waals surface area (Å²) in [5.41, 5.74) is 1.38. The van der Waals surface area contributed by atoms with Gasteiger partial charge < -0.3 is 4.90 Å². The molecule has 7 heteroatoms. The number of nitrogens with one attached hydrogen (secondary N) is 1. The second kappa shape index (κ2) is 6.68.